The van der Waals surface area contributed by atoms with Gasteiger partial charge in [-0.15, -0.1) is 0 Å². The molecule has 0 aliphatic carbocycles. The number of nitrogen functional groups attached to an aromatic ring is 1. The number of aromatic nitrogens is 1. The van der Waals surface area contributed by atoms with Gasteiger partial charge in [0.1, 0.15) is 11.5 Å². The average molecular weight is 354 g/mol. The lowest BCUT2D eigenvalue weighted by molar-refractivity contribution is 0.0940. The number of nitrogens with one attached hydrogen (secondary N) is 1. The zero-order chi connectivity index (χ0) is 15.6. The molecule has 21 heavy (non-hydrogen) atoms. The Labute approximate surface area is 131 Å². The summed E-state index contributed by atoms with van der Waals surface area (Å²) < 4.78 is 16.2. The number of halogens is 2. The molecular weight excluding hydrogens is 337 g/mol. The van der Waals surface area contributed by atoms with Crippen LogP contribution in [0.25, 0.3) is 0 Å². The Balaban J connectivity index is 2.14. The minimum Gasteiger partial charge on any atom is -0.397 e. The van der Waals surface area contributed by atoms with Crippen molar-refractivity contribution >= 4 is 27.5 Å². The Morgan fingerprint density at radius 1 is 1.43 bits per heavy atom. The second-order valence-electron chi connectivity index (χ2n) is 5.08. The minimum absolute atomic E-state index is 0.116. The molecule has 3 N–H and O–H groups in total. The number of anilines is 1. The number of hydrogen-bond acceptors (Lipinski definition) is 2. The van der Waals surface area contributed by atoms with E-state index in [1.807, 2.05) is 13.8 Å². The molecule has 0 saturated carbocycles. The summed E-state index contributed by atoms with van der Waals surface area (Å²) in [4.78, 5) is 12.2. The maximum atomic E-state index is 13.6. The SMILES string of the molecule is CC(C)n1cc(N)cc1C(=O)NCc1cc(Br)ccc1F. The molecule has 0 unspecified atom stereocenters. The van der Waals surface area contributed by atoms with Gasteiger partial charge in [-0.2, -0.15) is 0 Å². The molecule has 1 amide bonds. The fourth-order valence-electron chi connectivity index (χ4n) is 2.05. The molecule has 0 bridgehead atoms. The van der Waals surface area contributed by atoms with Gasteiger partial charge in [0.05, 0.1) is 5.69 Å². The third-order valence-corrected chi connectivity index (χ3v) is 3.60. The van der Waals surface area contributed by atoms with E-state index in [0.717, 1.165) is 4.47 Å². The van der Waals surface area contributed by atoms with Crippen LogP contribution in [0.1, 0.15) is 35.9 Å². The fraction of sp³-hybridized carbons (Fsp3) is 0.267. The van der Waals surface area contributed by atoms with E-state index in [1.54, 1.807) is 29.0 Å². The van der Waals surface area contributed by atoms with E-state index in [-0.39, 0.29) is 24.3 Å². The molecule has 4 nitrogen and oxygen atoms in total. The maximum absolute atomic E-state index is 13.6. The van der Waals surface area contributed by atoms with Crippen molar-refractivity contribution in [2.45, 2.75) is 26.4 Å². The second-order valence-corrected chi connectivity index (χ2v) is 5.99. The molecule has 1 aromatic carbocycles. The number of amides is 1. The summed E-state index contributed by atoms with van der Waals surface area (Å²) in [6.07, 6.45) is 1.72. The molecule has 0 aliphatic heterocycles. The summed E-state index contributed by atoms with van der Waals surface area (Å²) in [5, 5.41) is 2.72. The van der Waals surface area contributed by atoms with Crippen LogP contribution >= 0.6 is 15.9 Å². The van der Waals surface area contributed by atoms with Crippen LogP contribution < -0.4 is 11.1 Å². The van der Waals surface area contributed by atoms with Gasteiger partial charge in [-0.25, -0.2) is 4.39 Å². The zero-order valence-electron chi connectivity index (χ0n) is 11.9. The molecule has 0 radical (unpaired) electrons. The molecule has 0 fully saturated rings. The van der Waals surface area contributed by atoms with Crippen molar-refractivity contribution in [3.05, 3.63) is 52.0 Å². The molecular formula is C15H17BrFN3O. The molecule has 2 aromatic rings. The van der Waals surface area contributed by atoms with Crippen LogP contribution in [0, 0.1) is 5.82 Å². The first-order chi connectivity index (χ1) is 9.88. The Bertz CT molecular complexity index is 667. The molecule has 0 spiro atoms. The predicted octanol–water partition coefficient (Wildman–Crippen LogP) is 3.48. The van der Waals surface area contributed by atoms with Gasteiger partial charge < -0.3 is 15.6 Å². The Morgan fingerprint density at radius 3 is 2.81 bits per heavy atom. The van der Waals surface area contributed by atoms with E-state index >= 15 is 0 Å². The number of rotatable bonds is 4. The maximum Gasteiger partial charge on any atom is 0.268 e. The average Bonchev–Trinajstić information content (AvgIpc) is 2.82. The number of nitrogens with zero attached hydrogens (tertiary/aromatic N) is 1. The molecule has 2 rings (SSSR count). The van der Waals surface area contributed by atoms with Crippen molar-refractivity contribution in [3.8, 4) is 0 Å². The first-order valence-corrected chi connectivity index (χ1v) is 7.37. The highest BCUT2D eigenvalue weighted by atomic mass is 79.9. The summed E-state index contributed by atoms with van der Waals surface area (Å²) in [6.45, 7) is 4.04. The Hall–Kier alpha value is -1.82. The van der Waals surface area contributed by atoms with Gasteiger partial charge in [0.2, 0.25) is 0 Å². The van der Waals surface area contributed by atoms with E-state index in [0.29, 0.717) is 16.9 Å². The highest BCUT2D eigenvalue weighted by Crippen LogP contribution is 2.18. The molecule has 6 heteroatoms. The number of carbonyl (C=O) groups is 1. The van der Waals surface area contributed by atoms with E-state index in [2.05, 4.69) is 21.2 Å². The summed E-state index contributed by atoms with van der Waals surface area (Å²) in [5.41, 5.74) is 7.16. The van der Waals surface area contributed by atoms with E-state index in [9.17, 15) is 9.18 Å². The molecule has 0 saturated heterocycles. The molecule has 1 heterocycles. The standard InChI is InChI=1S/C15H17BrFN3O/c1-9(2)20-8-12(18)6-14(20)15(21)19-7-10-5-11(16)3-4-13(10)17/h3-6,8-9H,7,18H2,1-2H3,(H,19,21). The molecule has 1 aromatic heterocycles. The highest BCUT2D eigenvalue weighted by Gasteiger charge is 2.15. The Morgan fingerprint density at radius 2 is 2.14 bits per heavy atom. The van der Waals surface area contributed by atoms with Gasteiger partial charge in [0.25, 0.3) is 5.91 Å². The minimum atomic E-state index is -0.350. The predicted molar refractivity (Wildman–Crippen MR) is 84.5 cm³/mol. The van der Waals surface area contributed by atoms with Crippen LogP contribution in [0.3, 0.4) is 0 Å². The van der Waals surface area contributed by atoms with Crippen molar-refractivity contribution in [2.75, 3.05) is 5.73 Å². The van der Waals surface area contributed by atoms with Crippen LogP contribution in [0.4, 0.5) is 10.1 Å². The largest absolute Gasteiger partial charge is 0.397 e. The number of carbonyl (C=O) groups excluding carboxylic acids is 1. The van der Waals surface area contributed by atoms with Gasteiger partial charge in [-0.1, -0.05) is 15.9 Å². The highest BCUT2D eigenvalue weighted by molar-refractivity contribution is 9.10. The number of nitrogens with two attached hydrogens (primary N) is 1. The fourth-order valence-corrected chi connectivity index (χ4v) is 2.46. The van der Waals surface area contributed by atoms with Gasteiger partial charge in [-0.3, -0.25) is 4.79 Å². The topological polar surface area (TPSA) is 60.0 Å². The van der Waals surface area contributed by atoms with Crippen LogP contribution in [-0.2, 0) is 6.54 Å². The monoisotopic (exact) mass is 353 g/mol. The summed E-state index contributed by atoms with van der Waals surface area (Å²) >= 11 is 3.28. The Kier molecular flexibility index (Phi) is 4.67. The van der Waals surface area contributed by atoms with Crippen molar-refractivity contribution in [1.29, 1.82) is 0 Å². The molecule has 0 aliphatic rings. The van der Waals surface area contributed by atoms with Crippen molar-refractivity contribution in [1.82, 2.24) is 9.88 Å². The van der Waals surface area contributed by atoms with Crippen LogP contribution in [0.5, 0.6) is 0 Å². The van der Waals surface area contributed by atoms with Crippen molar-refractivity contribution < 1.29 is 9.18 Å². The lowest BCUT2D eigenvalue weighted by Crippen LogP contribution is -2.26. The lowest BCUT2D eigenvalue weighted by atomic mass is 10.2. The second kappa shape index (κ2) is 6.30. The molecule has 0 atom stereocenters. The third-order valence-electron chi connectivity index (χ3n) is 3.11. The lowest BCUT2D eigenvalue weighted by Gasteiger charge is -2.13. The van der Waals surface area contributed by atoms with Crippen LogP contribution in [0.15, 0.2) is 34.9 Å². The normalized spacial score (nSPS) is 10.9. The summed E-state index contributed by atoms with van der Waals surface area (Å²) in [6, 6.07) is 6.36. The van der Waals surface area contributed by atoms with E-state index in [4.69, 9.17) is 5.73 Å². The van der Waals surface area contributed by atoms with Gasteiger partial charge in [0, 0.05) is 28.8 Å². The first kappa shape index (κ1) is 15.6. The molecule has 112 valence electrons. The van der Waals surface area contributed by atoms with Gasteiger partial charge in [0.15, 0.2) is 0 Å². The van der Waals surface area contributed by atoms with Gasteiger partial charge >= 0.3 is 0 Å². The van der Waals surface area contributed by atoms with Crippen LogP contribution in [-0.4, -0.2) is 10.5 Å². The smallest absolute Gasteiger partial charge is 0.268 e. The summed E-state index contributed by atoms with van der Waals surface area (Å²) in [5.74, 6) is -0.628. The van der Waals surface area contributed by atoms with Crippen molar-refractivity contribution in [3.63, 3.8) is 0 Å². The number of benzene rings is 1. The van der Waals surface area contributed by atoms with Gasteiger partial charge in [-0.05, 0) is 38.1 Å². The van der Waals surface area contributed by atoms with E-state index in [1.165, 1.54) is 6.07 Å². The van der Waals surface area contributed by atoms with Crippen molar-refractivity contribution in [2.24, 2.45) is 0 Å². The first-order valence-electron chi connectivity index (χ1n) is 6.58. The van der Waals surface area contributed by atoms with E-state index < -0.39 is 0 Å². The zero-order valence-corrected chi connectivity index (χ0v) is 13.4. The van der Waals surface area contributed by atoms with Crippen LogP contribution in [0.2, 0.25) is 0 Å². The summed E-state index contributed by atoms with van der Waals surface area (Å²) in [7, 11) is 0. The quantitative estimate of drug-likeness (QED) is 0.883. The third kappa shape index (κ3) is 3.64. The number of hydrogen-bond donors (Lipinski definition) is 2.